The number of carboxylic acids is 1. The maximum absolute atomic E-state index is 13.0. The number of para-hydroxylation sites is 1. The zero-order valence-corrected chi connectivity index (χ0v) is 19.2. The van der Waals surface area contributed by atoms with Crippen LogP contribution in [-0.2, 0) is 22.7 Å². The summed E-state index contributed by atoms with van der Waals surface area (Å²) in [5.74, 6) is -1.13. The summed E-state index contributed by atoms with van der Waals surface area (Å²) in [7, 11) is 1.61. The molecule has 4 aromatic rings. The molecule has 0 unspecified atom stereocenters. The van der Waals surface area contributed by atoms with Crippen LogP contribution in [-0.4, -0.2) is 33.7 Å². The van der Waals surface area contributed by atoms with Gasteiger partial charge in [-0.05, 0) is 48.0 Å². The summed E-state index contributed by atoms with van der Waals surface area (Å²) >= 11 is 0. The number of rotatable bonds is 9. The van der Waals surface area contributed by atoms with E-state index in [0.29, 0.717) is 12.2 Å². The molecule has 0 radical (unpaired) electrons. The van der Waals surface area contributed by atoms with Gasteiger partial charge in [0.15, 0.2) is 0 Å². The van der Waals surface area contributed by atoms with E-state index >= 15 is 0 Å². The Morgan fingerprint density at radius 3 is 2.20 bits per heavy atom. The molecule has 0 atom stereocenters. The van der Waals surface area contributed by atoms with Crippen LogP contribution >= 0.6 is 0 Å². The summed E-state index contributed by atoms with van der Waals surface area (Å²) in [5.41, 5.74) is 4.19. The van der Waals surface area contributed by atoms with Gasteiger partial charge in [0.1, 0.15) is 5.75 Å². The van der Waals surface area contributed by atoms with Crippen molar-refractivity contribution in [1.82, 2.24) is 14.7 Å². The first-order chi connectivity index (χ1) is 17.0. The minimum atomic E-state index is -1.42. The van der Waals surface area contributed by atoms with Crippen LogP contribution < -0.4 is 9.84 Å². The average Bonchev–Trinajstić information content (AvgIpc) is 3.32. The number of ether oxygens (including phenoxy) is 1. The fourth-order valence-electron chi connectivity index (χ4n) is 3.70. The van der Waals surface area contributed by atoms with Crippen molar-refractivity contribution in [2.24, 2.45) is 0 Å². The molecular formula is C28H24N3O4-. The predicted octanol–water partition coefficient (Wildman–Crippen LogP) is 3.38. The van der Waals surface area contributed by atoms with E-state index in [4.69, 9.17) is 9.84 Å². The van der Waals surface area contributed by atoms with Gasteiger partial charge in [0, 0.05) is 29.9 Å². The normalized spacial score (nSPS) is 10.9. The fraction of sp³-hybridized carbons (Fsp3) is 0.107. The third-order valence-electron chi connectivity index (χ3n) is 5.43. The lowest BCUT2D eigenvalue weighted by molar-refractivity contribution is -0.297. The smallest absolute Gasteiger partial charge is 0.247 e. The minimum absolute atomic E-state index is 0.222. The van der Waals surface area contributed by atoms with Crippen molar-refractivity contribution in [1.29, 1.82) is 0 Å². The molecular weight excluding hydrogens is 442 g/mol. The zero-order valence-electron chi connectivity index (χ0n) is 19.2. The van der Waals surface area contributed by atoms with Gasteiger partial charge in [-0.15, -0.1) is 0 Å². The number of nitrogens with zero attached hydrogens (tertiary/aromatic N) is 3. The van der Waals surface area contributed by atoms with E-state index in [0.717, 1.165) is 40.3 Å². The summed E-state index contributed by atoms with van der Waals surface area (Å²) in [5, 5.41) is 15.7. The Kier molecular flexibility index (Phi) is 7.37. The number of carbonyl (C=O) groups is 2. The highest BCUT2D eigenvalue weighted by Crippen LogP contribution is 2.27. The van der Waals surface area contributed by atoms with Crippen molar-refractivity contribution >= 4 is 11.9 Å². The second-order valence-electron chi connectivity index (χ2n) is 7.84. The molecule has 0 aliphatic heterocycles. The van der Waals surface area contributed by atoms with E-state index in [1.165, 1.54) is 0 Å². The van der Waals surface area contributed by atoms with Gasteiger partial charge in [-0.2, -0.15) is 5.10 Å². The topological polar surface area (TPSA) is 87.5 Å². The largest absolute Gasteiger partial charge is 0.545 e. The zero-order chi connectivity index (χ0) is 24.6. The average molecular weight is 467 g/mol. The molecule has 0 saturated carbocycles. The monoisotopic (exact) mass is 466 g/mol. The van der Waals surface area contributed by atoms with Crippen LogP contribution in [0.2, 0.25) is 0 Å². The lowest BCUT2D eigenvalue weighted by Crippen LogP contribution is -2.29. The number of aliphatic carboxylic acids is 1. The quantitative estimate of drug-likeness (QED) is 0.353. The van der Waals surface area contributed by atoms with Crippen LogP contribution in [0.3, 0.4) is 0 Å². The Morgan fingerprint density at radius 2 is 1.57 bits per heavy atom. The Morgan fingerprint density at radius 1 is 0.914 bits per heavy atom. The van der Waals surface area contributed by atoms with Crippen molar-refractivity contribution in [2.45, 2.75) is 13.1 Å². The molecule has 1 heterocycles. The first-order valence-electron chi connectivity index (χ1n) is 11.0. The molecule has 0 saturated heterocycles. The second-order valence-corrected chi connectivity index (χ2v) is 7.84. The number of hydrogen-bond acceptors (Lipinski definition) is 5. The standard InChI is InChI=1S/C28H25N3O4/c1-35-25-14-12-22(13-15-25)28-23(20-31(29-28)24-10-6-3-7-11-24)19-30(26(32)16-17-27(33)34)18-21-8-4-2-5-9-21/h2-17,20H,18-19H2,1H3,(H,33,34)/p-1/b17-16+. The van der Waals surface area contributed by atoms with Crippen LogP contribution in [0.1, 0.15) is 11.1 Å². The SMILES string of the molecule is COc1ccc(-c2nn(-c3ccccc3)cc2CN(Cc2ccccc2)C(=O)/C=C/C(=O)[O-])cc1. The molecule has 1 aromatic heterocycles. The van der Waals surface area contributed by atoms with Crippen LogP contribution in [0.5, 0.6) is 5.75 Å². The van der Waals surface area contributed by atoms with Gasteiger partial charge in [0.2, 0.25) is 5.91 Å². The fourth-order valence-corrected chi connectivity index (χ4v) is 3.70. The first kappa shape index (κ1) is 23.5. The Hall–Kier alpha value is -4.65. The molecule has 7 nitrogen and oxygen atoms in total. The van der Waals surface area contributed by atoms with Crippen molar-refractivity contribution in [3.05, 3.63) is 114 Å². The molecule has 0 bridgehead atoms. The summed E-state index contributed by atoms with van der Waals surface area (Å²) in [6.45, 7) is 0.523. The summed E-state index contributed by atoms with van der Waals surface area (Å²) < 4.78 is 7.05. The van der Waals surface area contributed by atoms with E-state index in [1.807, 2.05) is 91.1 Å². The number of benzene rings is 3. The number of amides is 1. The first-order valence-corrected chi connectivity index (χ1v) is 11.0. The summed E-state index contributed by atoms with van der Waals surface area (Å²) in [4.78, 5) is 25.4. The molecule has 3 aromatic carbocycles. The molecule has 176 valence electrons. The number of carbonyl (C=O) groups excluding carboxylic acids is 2. The Labute approximate surface area is 203 Å². The molecule has 0 spiro atoms. The number of methoxy groups -OCH3 is 1. The van der Waals surface area contributed by atoms with Crippen LogP contribution in [0.4, 0.5) is 0 Å². The molecule has 7 heteroatoms. The Bertz CT molecular complexity index is 1310. The molecule has 4 rings (SSSR count). The van der Waals surface area contributed by atoms with Gasteiger partial charge in [0.05, 0.1) is 31.0 Å². The maximum atomic E-state index is 13.0. The number of carboxylic acid groups (broad SMARTS) is 1. The van der Waals surface area contributed by atoms with E-state index in [2.05, 4.69) is 0 Å². The van der Waals surface area contributed by atoms with Gasteiger partial charge < -0.3 is 19.5 Å². The van der Waals surface area contributed by atoms with E-state index in [9.17, 15) is 14.7 Å². The van der Waals surface area contributed by atoms with Gasteiger partial charge >= 0.3 is 0 Å². The summed E-state index contributed by atoms with van der Waals surface area (Å²) in [6, 6.07) is 26.8. The van der Waals surface area contributed by atoms with Crippen LogP contribution in [0.15, 0.2) is 103 Å². The highest BCUT2D eigenvalue weighted by molar-refractivity contribution is 5.93. The molecule has 35 heavy (non-hydrogen) atoms. The lowest BCUT2D eigenvalue weighted by atomic mass is 10.1. The second kappa shape index (κ2) is 11.0. The van der Waals surface area contributed by atoms with Gasteiger partial charge in [-0.3, -0.25) is 4.79 Å². The third-order valence-corrected chi connectivity index (χ3v) is 5.43. The highest BCUT2D eigenvalue weighted by Gasteiger charge is 2.19. The van der Waals surface area contributed by atoms with Gasteiger partial charge in [0.25, 0.3) is 0 Å². The van der Waals surface area contributed by atoms with Crippen molar-refractivity contribution in [3.63, 3.8) is 0 Å². The molecule has 0 aliphatic rings. The molecule has 0 N–H and O–H groups in total. The molecule has 0 fully saturated rings. The van der Waals surface area contributed by atoms with Crippen molar-refractivity contribution in [3.8, 4) is 22.7 Å². The summed E-state index contributed by atoms with van der Waals surface area (Å²) in [6.07, 6.45) is 3.66. The highest BCUT2D eigenvalue weighted by atomic mass is 16.5. The number of hydrogen-bond donors (Lipinski definition) is 0. The van der Waals surface area contributed by atoms with E-state index in [1.54, 1.807) is 16.7 Å². The van der Waals surface area contributed by atoms with Crippen LogP contribution in [0, 0.1) is 0 Å². The minimum Gasteiger partial charge on any atom is -0.545 e. The maximum Gasteiger partial charge on any atom is 0.247 e. The Balaban J connectivity index is 1.74. The van der Waals surface area contributed by atoms with Crippen molar-refractivity contribution in [2.75, 3.05) is 7.11 Å². The van der Waals surface area contributed by atoms with Crippen LogP contribution in [0.25, 0.3) is 16.9 Å². The predicted molar refractivity (Wildman–Crippen MR) is 130 cm³/mol. The van der Waals surface area contributed by atoms with E-state index in [-0.39, 0.29) is 6.54 Å². The molecule has 1 amide bonds. The van der Waals surface area contributed by atoms with Gasteiger partial charge in [-0.1, -0.05) is 48.5 Å². The lowest BCUT2D eigenvalue weighted by Gasteiger charge is -2.21. The third kappa shape index (κ3) is 6.03. The van der Waals surface area contributed by atoms with Crippen molar-refractivity contribution < 1.29 is 19.4 Å². The molecule has 0 aliphatic carbocycles. The number of aromatic nitrogens is 2. The van der Waals surface area contributed by atoms with Gasteiger partial charge in [-0.25, -0.2) is 4.68 Å². The van der Waals surface area contributed by atoms with E-state index < -0.39 is 11.9 Å².